The van der Waals surface area contributed by atoms with E-state index in [1.165, 1.54) is 12.8 Å². The summed E-state index contributed by atoms with van der Waals surface area (Å²) in [5.41, 5.74) is 3.01. The summed E-state index contributed by atoms with van der Waals surface area (Å²) in [6, 6.07) is 14.3. The molecule has 24 heavy (non-hydrogen) atoms. The van der Waals surface area contributed by atoms with E-state index in [0.717, 1.165) is 18.8 Å². The molecule has 0 radical (unpaired) electrons. The van der Waals surface area contributed by atoms with Crippen LogP contribution in [0.3, 0.4) is 0 Å². The van der Waals surface area contributed by atoms with Crippen LogP contribution in [0.5, 0.6) is 0 Å². The van der Waals surface area contributed by atoms with E-state index in [-0.39, 0.29) is 12.3 Å². The number of hydrogen-bond donors (Lipinski definition) is 1. The Labute approximate surface area is 140 Å². The standard InChI is InChI=1S/C19H20N2O3/c22-18(23)13-14-3-7-16(8-4-14)20-19(24)15-5-9-17(10-6-15)21-11-1-2-12-21/h3-10H,1-2,11-13H2,(H,20,24)(H,22,23)/p-1. The molecule has 0 aromatic heterocycles. The minimum atomic E-state index is -1.12. The van der Waals surface area contributed by atoms with Crippen LogP contribution in [0, 0.1) is 0 Å². The second kappa shape index (κ2) is 7.17. The fourth-order valence-corrected chi connectivity index (χ4v) is 2.87. The summed E-state index contributed by atoms with van der Waals surface area (Å²) >= 11 is 0. The van der Waals surface area contributed by atoms with E-state index in [1.54, 1.807) is 24.3 Å². The Kier molecular flexibility index (Phi) is 4.79. The number of nitrogens with one attached hydrogen (secondary N) is 1. The number of benzene rings is 2. The third kappa shape index (κ3) is 3.93. The second-order valence-corrected chi connectivity index (χ2v) is 5.94. The molecule has 1 heterocycles. The lowest BCUT2D eigenvalue weighted by Gasteiger charge is -2.17. The lowest BCUT2D eigenvalue weighted by atomic mass is 10.1. The van der Waals surface area contributed by atoms with Crippen LogP contribution in [-0.4, -0.2) is 25.0 Å². The molecule has 0 aliphatic carbocycles. The Morgan fingerprint density at radius 1 is 0.958 bits per heavy atom. The first-order valence-corrected chi connectivity index (χ1v) is 8.07. The molecule has 1 fully saturated rings. The highest BCUT2D eigenvalue weighted by molar-refractivity contribution is 6.04. The summed E-state index contributed by atoms with van der Waals surface area (Å²) in [6.45, 7) is 2.15. The van der Waals surface area contributed by atoms with Gasteiger partial charge in [0.1, 0.15) is 0 Å². The zero-order valence-electron chi connectivity index (χ0n) is 13.3. The molecule has 0 atom stereocenters. The van der Waals surface area contributed by atoms with Gasteiger partial charge < -0.3 is 20.1 Å². The number of amides is 1. The molecule has 0 saturated carbocycles. The van der Waals surface area contributed by atoms with Crippen molar-refractivity contribution in [1.82, 2.24) is 0 Å². The summed E-state index contributed by atoms with van der Waals surface area (Å²) in [5.74, 6) is -1.31. The highest BCUT2D eigenvalue weighted by atomic mass is 16.4. The number of carboxylic acid groups (broad SMARTS) is 1. The number of rotatable bonds is 5. The number of carbonyl (C=O) groups excluding carboxylic acids is 2. The van der Waals surface area contributed by atoms with Gasteiger partial charge in [0, 0.05) is 42.4 Å². The molecule has 2 aromatic rings. The van der Waals surface area contributed by atoms with Gasteiger partial charge in [-0.3, -0.25) is 4.79 Å². The Balaban J connectivity index is 1.62. The highest BCUT2D eigenvalue weighted by Crippen LogP contribution is 2.21. The van der Waals surface area contributed by atoms with Gasteiger partial charge in [0.15, 0.2) is 0 Å². The maximum absolute atomic E-state index is 12.3. The summed E-state index contributed by atoms with van der Waals surface area (Å²) < 4.78 is 0. The lowest BCUT2D eigenvalue weighted by molar-refractivity contribution is -0.304. The van der Waals surface area contributed by atoms with Crippen molar-refractivity contribution >= 4 is 23.3 Å². The van der Waals surface area contributed by atoms with Gasteiger partial charge in [-0.05, 0) is 54.8 Å². The van der Waals surface area contributed by atoms with Gasteiger partial charge in [-0.15, -0.1) is 0 Å². The quantitative estimate of drug-likeness (QED) is 0.911. The summed E-state index contributed by atoms with van der Waals surface area (Å²) in [7, 11) is 0. The third-order valence-corrected chi connectivity index (χ3v) is 4.16. The average molecular weight is 323 g/mol. The summed E-state index contributed by atoms with van der Waals surface area (Å²) in [6.07, 6.45) is 2.30. The van der Waals surface area contributed by atoms with Crippen LogP contribution >= 0.6 is 0 Å². The molecule has 1 saturated heterocycles. The predicted octanol–water partition coefficient (Wildman–Crippen LogP) is 1.83. The van der Waals surface area contributed by atoms with Crippen LogP contribution in [-0.2, 0) is 11.2 Å². The van der Waals surface area contributed by atoms with Crippen molar-refractivity contribution in [2.45, 2.75) is 19.3 Å². The van der Waals surface area contributed by atoms with E-state index in [1.807, 2.05) is 24.3 Å². The number of carbonyl (C=O) groups is 2. The molecule has 3 rings (SSSR count). The normalized spacial score (nSPS) is 13.8. The summed E-state index contributed by atoms with van der Waals surface area (Å²) in [5, 5.41) is 13.4. The average Bonchev–Trinajstić information content (AvgIpc) is 3.11. The van der Waals surface area contributed by atoms with Gasteiger partial charge in [0.05, 0.1) is 0 Å². The van der Waals surface area contributed by atoms with Gasteiger partial charge >= 0.3 is 0 Å². The first kappa shape index (κ1) is 16.1. The predicted molar refractivity (Wildman–Crippen MR) is 91.0 cm³/mol. The minimum Gasteiger partial charge on any atom is -0.550 e. The van der Waals surface area contributed by atoms with Crippen molar-refractivity contribution in [3.05, 3.63) is 59.7 Å². The molecule has 5 heteroatoms. The number of carboxylic acids is 1. The van der Waals surface area contributed by atoms with Crippen LogP contribution < -0.4 is 15.3 Å². The van der Waals surface area contributed by atoms with Crippen LogP contribution in [0.2, 0.25) is 0 Å². The van der Waals surface area contributed by atoms with E-state index in [2.05, 4.69) is 10.2 Å². The van der Waals surface area contributed by atoms with Crippen LogP contribution in [0.1, 0.15) is 28.8 Å². The van der Waals surface area contributed by atoms with Crippen molar-refractivity contribution in [3.63, 3.8) is 0 Å². The third-order valence-electron chi connectivity index (χ3n) is 4.16. The molecule has 1 N–H and O–H groups in total. The first-order valence-electron chi connectivity index (χ1n) is 8.07. The largest absolute Gasteiger partial charge is 0.550 e. The van der Waals surface area contributed by atoms with E-state index < -0.39 is 5.97 Å². The van der Waals surface area contributed by atoms with Gasteiger partial charge in [-0.2, -0.15) is 0 Å². The lowest BCUT2D eigenvalue weighted by Crippen LogP contribution is -2.24. The van der Waals surface area contributed by atoms with Gasteiger partial charge in [-0.1, -0.05) is 12.1 Å². The van der Waals surface area contributed by atoms with Gasteiger partial charge in [0.2, 0.25) is 0 Å². The van der Waals surface area contributed by atoms with E-state index in [4.69, 9.17) is 0 Å². The van der Waals surface area contributed by atoms with E-state index in [9.17, 15) is 14.7 Å². The Hall–Kier alpha value is -2.82. The zero-order valence-corrected chi connectivity index (χ0v) is 13.3. The van der Waals surface area contributed by atoms with Crippen LogP contribution in [0.15, 0.2) is 48.5 Å². The number of hydrogen-bond acceptors (Lipinski definition) is 4. The SMILES string of the molecule is O=C([O-])Cc1ccc(NC(=O)c2ccc(N3CCCC3)cc2)cc1. The molecule has 124 valence electrons. The molecule has 1 aliphatic heterocycles. The fourth-order valence-electron chi connectivity index (χ4n) is 2.87. The summed E-state index contributed by atoms with van der Waals surface area (Å²) in [4.78, 5) is 25.2. The van der Waals surface area contributed by atoms with Crippen molar-refractivity contribution in [2.75, 3.05) is 23.3 Å². The van der Waals surface area contributed by atoms with Crippen molar-refractivity contribution in [2.24, 2.45) is 0 Å². The van der Waals surface area contributed by atoms with E-state index in [0.29, 0.717) is 16.8 Å². The van der Waals surface area contributed by atoms with Crippen molar-refractivity contribution in [1.29, 1.82) is 0 Å². The Morgan fingerprint density at radius 3 is 2.17 bits per heavy atom. The number of aliphatic carboxylic acids is 1. The van der Waals surface area contributed by atoms with Crippen LogP contribution in [0.25, 0.3) is 0 Å². The molecule has 0 bridgehead atoms. The molecular formula is C19H19N2O3-. The zero-order chi connectivity index (χ0) is 16.9. The molecule has 0 unspecified atom stereocenters. The molecule has 1 aliphatic rings. The number of nitrogens with zero attached hydrogens (tertiary/aromatic N) is 1. The Morgan fingerprint density at radius 2 is 1.58 bits per heavy atom. The molecule has 5 nitrogen and oxygen atoms in total. The highest BCUT2D eigenvalue weighted by Gasteiger charge is 2.13. The van der Waals surface area contributed by atoms with Crippen molar-refractivity contribution < 1.29 is 14.7 Å². The fraction of sp³-hybridized carbons (Fsp3) is 0.263. The maximum Gasteiger partial charge on any atom is 0.255 e. The maximum atomic E-state index is 12.3. The minimum absolute atomic E-state index is 0.133. The molecule has 1 amide bonds. The molecular weight excluding hydrogens is 304 g/mol. The van der Waals surface area contributed by atoms with Crippen LogP contribution in [0.4, 0.5) is 11.4 Å². The van der Waals surface area contributed by atoms with Gasteiger partial charge in [-0.25, -0.2) is 0 Å². The van der Waals surface area contributed by atoms with Crippen molar-refractivity contribution in [3.8, 4) is 0 Å². The molecule has 0 spiro atoms. The second-order valence-electron chi connectivity index (χ2n) is 5.94. The topological polar surface area (TPSA) is 72.5 Å². The monoisotopic (exact) mass is 323 g/mol. The Bertz CT molecular complexity index is 717. The smallest absolute Gasteiger partial charge is 0.255 e. The van der Waals surface area contributed by atoms with Gasteiger partial charge in [0.25, 0.3) is 5.91 Å². The first-order chi connectivity index (χ1) is 11.6. The molecule has 2 aromatic carbocycles. The van der Waals surface area contributed by atoms with E-state index >= 15 is 0 Å². The number of anilines is 2.